The van der Waals surface area contributed by atoms with Crippen LogP contribution in [-0.4, -0.2) is 17.6 Å². The highest BCUT2D eigenvalue weighted by Crippen LogP contribution is 2.16. The lowest BCUT2D eigenvalue weighted by Gasteiger charge is -2.13. The van der Waals surface area contributed by atoms with E-state index in [1.165, 1.54) is 0 Å². The Morgan fingerprint density at radius 1 is 1.31 bits per heavy atom. The van der Waals surface area contributed by atoms with Crippen molar-refractivity contribution in [3.8, 4) is 0 Å². The molecule has 0 bridgehead atoms. The minimum absolute atomic E-state index is 0.172. The summed E-state index contributed by atoms with van der Waals surface area (Å²) in [6.07, 6.45) is 0. The van der Waals surface area contributed by atoms with Gasteiger partial charge in [0.25, 0.3) is 5.91 Å². The molecule has 65 valence electrons. The third-order valence-electron chi connectivity index (χ3n) is 1.81. The zero-order chi connectivity index (χ0) is 9.26. The van der Waals surface area contributed by atoms with Crippen LogP contribution in [0.5, 0.6) is 0 Å². The number of rotatable bonds is 1. The molecule has 1 amide bonds. The van der Waals surface area contributed by atoms with Gasteiger partial charge in [-0.2, -0.15) is 5.32 Å². The van der Waals surface area contributed by atoms with Gasteiger partial charge in [0.2, 0.25) is 5.11 Å². The molecule has 0 saturated carbocycles. The highest BCUT2D eigenvalue weighted by atomic mass is 32.1. The van der Waals surface area contributed by atoms with Crippen LogP contribution in [0.2, 0.25) is 0 Å². The highest BCUT2D eigenvalue weighted by Gasteiger charge is 2.26. The van der Waals surface area contributed by atoms with Crippen LogP contribution in [0.25, 0.3) is 0 Å². The minimum Gasteiger partial charge on any atom is -0.308 e. The first kappa shape index (κ1) is 8.19. The van der Waals surface area contributed by atoms with E-state index in [1.807, 2.05) is 30.3 Å². The standard InChI is InChI=1S/C9H7N2OS/c12-8-6-11(9(13)10-8)7-4-2-1-3-5-7/h1-5H,6H2. The van der Waals surface area contributed by atoms with E-state index in [0.717, 1.165) is 5.69 Å². The van der Waals surface area contributed by atoms with Crippen molar-refractivity contribution in [2.75, 3.05) is 11.4 Å². The fourth-order valence-corrected chi connectivity index (χ4v) is 1.49. The minimum atomic E-state index is -0.172. The molecule has 1 aliphatic rings. The normalized spacial score (nSPS) is 16.2. The summed E-state index contributed by atoms with van der Waals surface area (Å²) in [6, 6.07) is 9.53. The van der Waals surface area contributed by atoms with Crippen molar-refractivity contribution in [3.63, 3.8) is 0 Å². The second-order valence-electron chi connectivity index (χ2n) is 2.71. The van der Waals surface area contributed by atoms with Crippen molar-refractivity contribution < 1.29 is 4.79 Å². The second-order valence-corrected chi connectivity index (χ2v) is 3.07. The molecule has 2 rings (SSSR count). The molecule has 0 N–H and O–H groups in total. The molecule has 1 aromatic rings. The molecule has 1 fully saturated rings. The fraction of sp³-hybridized carbons (Fsp3) is 0.111. The predicted octanol–water partition coefficient (Wildman–Crippen LogP) is 0.922. The lowest BCUT2D eigenvalue weighted by molar-refractivity contribution is -0.117. The molecule has 0 spiro atoms. The Balaban J connectivity index is 2.28. The number of para-hydroxylation sites is 1. The Morgan fingerprint density at radius 2 is 2.00 bits per heavy atom. The summed E-state index contributed by atoms with van der Waals surface area (Å²) in [5.74, 6) is -0.172. The summed E-state index contributed by atoms with van der Waals surface area (Å²) < 4.78 is 0. The van der Waals surface area contributed by atoms with E-state index in [-0.39, 0.29) is 12.5 Å². The molecule has 1 aromatic carbocycles. The first-order valence-electron chi connectivity index (χ1n) is 3.88. The van der Waals surface area contributed by atoms with Gasteiger partial charge in [0.05, 0.1) is 0 Å². The SMILES string of the molecule is O=C1CN(c2ccccc2)C(=S)[N]1. The molecule has 0 aromatic heterocycles. The zero-order valence-electron chi connectivity index (χ0n) is 6.80. The maximum absolute atomic E-state index is 10.9. The van der Waals surface area contributed by atoms with Gasteiger partial charge in [-0.15, -0.1) is 0 Å². The van der Waals surface area contributed by atoms with Gasteiger partial charge in [-0.25, -0.2) is 0 Å². The van der Waals surface area contributed by atoms with E-state index in [4.69, 9.17) is 12.2 Å². The first-order valence-corrected chi connectivity index (χ1v) is 4.29. The molecule has 0 unspecified atom stereocenters. The Labute approximate surface area is 81.4 Å². The van der Waals surface area contributed by atoms with Gasteiger partial charge < -0.3 is 4.90 Å². The third kappa shape index (κ3) is 1.53. The van der Waals surface area contributed by atoms with Crippen molar-refractivity contribution in [1.82, 2.24) is 5.32 Å². The average Bonchev–Trinajstić information content (AvgIpc) is 2.47. The maximum atomic E-state index is 10.9. The van der Waals surface area contributed by atoms with E-state index >= 15 is 0 Å². The van der Waals surface area contributed by atoms with Crippen molar-refractivity contribution in [2.24, 2.45) is 0 Å². The van der Waals surface area contributed by atoms with E-state index in [1.54, 1.807) is 4.90 Å². The number of carbonyl (C=O) groups excluding carboxylic acids is 1. The molecule has 1 heterocycles. The molecule has 1 saturated heterocycles. The number of hydrogen-bond donors (Lipinski definition) is 0. The van der Waals surface area contributed by atoms with Crippen LogP contribution in [0.1, 0.15) is 0 Å². The zero-order valence-corrected chi connectivity index (χ0v) is 7.62. The Morgan fingerprint density at radius 3 is 2.54 bits per heavy atom. The van der Waals surface area contributed by atoms with Crippen LogP contribution in [0.3, 0.4) is 0 Å². The molecule has 0 aliphatic carbocycles. The number of nitrogens with zero attached hydrogens (tertiary/aromatic N) is 2. The molecule has 3 nitrogen and oxygen atoms in total. The predicted molar refractivity (Wildman–Crippen MR) is 53.5 cm³/mol. The van der Waals surface area contributed by atoms with E-state index in [2.05, 4.69) is 5.32 Å². The van der Waals surface area contributed by atoms with Crippen LogP contribution in [0.15, 0.2) is 30.3 Å². The van der Waals surface area contributed by atoms with Crippen molar-refractivity contribution in [3.05, 3.63) is 30.3 Å². The average molecular weight is 191 g/mol. The highest BCUT2D eigenvalue weighted by molar-refractivity contribution is 7.80. The number of amides is 1. The van der Waals surface area contributed by atoms with Gasteiger partial charge in [-0.1, -0.05) is 18.2 Å². The van der Waals surface area contributed by atoms with Crippen LogP contribution in [0, 0.1) is 0 Å². The molecular formula is C9H7N2OS. The van der Waals surface area contributed by atoms with Gasteiger partial charge in [0, 0.05) is 5.69 Å². The molecule has 1 radical (unpaired) electrons. The van der Waals surface area contributed by atoms with Crippen molar-refractivity contribution in [1.29, 1.82) is 0 Å². The Bertz CT molecular complexity index is 350. The van der Waals surface area contributed by atoms with E-state index in [9.17, 15) is 4.79 Å². The lowest BCUT2D eigenvalue weighted by Crippen LogP contribution is -2.24. The molecule has 13 heavy (non-hydrogen) atoms. The maximum Gasteiger partial charge on any atom is 0.268 e. The monoisotopic (exact) mass is 191 g/mol. The van der Waals surface area contributed by atoms with Crippen LogP contribution < -0.4 is 10.2 Å². The number of carbonyl (C=O) groups is 1. The Hall–Kier alpha value is -1.42. The van der Waals surface area contributed by atoms with Gasteiger partial charge >= 0.3 is 0 Å². The summed E-state index contributed by atoms with van der Waals surface area (Å²) >= 11 is 4.94. The fourth-order valence-electron chi connectivity index (χ4n) is 1.21. The van der Waals surface area contributed by atoms with Crippen LogP contribution in [-0.2, 0) is 4.79 Å². The first-order chi connectivity index (χ1) is 6.27. The van der Waals surface area contributed by atoms with Gasteiger partial charge in [0.1, 0.15) is 6.54 Å². The molecule has 1 aliphatic heterocycles. The summed E-state index contributed by atoms with van der Waals surface area (Å²) in [5, 5.41) is 4.02. The summed E-state index contributed by atoms with van der Waals surface area (Å²) in [5.41, 5.74) is 0.919. The molecule has 4 heteroatoms. The van der Waals surface area contributed by atoms with Crippen LogP contribution >= 0.6 is 12.2 Å². The third-order valence-corrected chi connectivity index (χ3v) is 2.12. The quantitative estimate of drug-likeness (QED) is 0.619. The summed E-state index contributed by atoms with van der Waals surface area (Å²) in [7, 11) is 0. The van der Waals surface area contributed by atoms with Crippen molar-refractivity contribution >= 4 is 28.9 Å². The molecule has 0 atom stereocenters. The van der Waals surface area contributed by atoms with Gasteiger partial charge in [-0.05, 0) is 24.4 Å². The van der Waals surface area contributed by atoms with Crippen LogP contribution in [0.4, 0.5) is 5.69 Å². The number of benzene rings is 1. The largest absolute Gasteiger partial charge is 0.308 e. The Kier molecular flexibility index (Phi) is 1.98. The van der Waals surface area contributed by atoms with Gasteiger partial charge in [-0.3, -0.25) is 4.79 Å². The number of thiocarbonyl (C=S) groups is 1. The van der Waals surface area contributed by atoms with E-state index in [0.29, 0.717) is 5.11 Å². The smallest absolute Gasteiger partial charge is 0.268 e. The summed E-state index contributed by atoms with van der Waals surface area (Å²) in [4.78, 5) is 12.7. The molecular weight excluding hydrogens is 184 g/mol. The topological polar surface area (TPSA) is 34.4 Å². The van der Waals surface area contributed by atoms with Gasteiger partial charge in [0.15, 0.2) is 0 Å². The summed E-state index contributed by atoms with van der Waals surface area (Å²) in [6.45, 7) is 0.267. The van der Waals surface area contributed by atoms with Crippen molar-refractivity contribution in [2.45, 2.75) is 0 Å². The lowest BCUT2D eigenvalue weighted by atomic mass is 10.3. The number of hydrogen-bond acceptors (Lipinski definition) is 2. The second kappa shape index (κ2) is 3.14. The number of anilines is 1. The van der Waals surface area contributed by atoms with E-state index < -0.39 is 0 Å².